The van der Waals surface area contributed by atoms with E-state index in [4.69, 9.17) is 11.6 Å². The topological polar surface area (TPSA) is 54.4 Å². The maximum absolute atomic E-state index is 12.5. The number of fused-ring (bicyclic) bond motifs is 5. The van der Waals surface area contributed by atoms with Gasteiger partial charge in [0.05, 0.1) is 5.88 Å². The van der Waals surface area contributed by atoms with E-state index in [2.05, 4.69) is 13.8 Å². The summed E-state index contributed by atoms with van der Waals surface area (Å²) in [5.41, 5.74) is -0.0969. The zero-order valence-corrected chi connectivity index (χ0v) is 16.1. The summed E-state index contributed by atoms with van der Waals surface area (Å²) in [5, 5.41) is 11.2. The van der Waals surface area contributed by atoms with Crippen molar-refractivity contribution in [3.05, 3.63) is 11.6 Å². The number of rotatable bonds is 2. The first kappa shape index (κ1) is 17.7. The van der Waals surface area contributed by atoms with Crippen molar-refractivity contribution in [3.8, 4) is 0 Å². The summed E-state index contributed by atoms with van der Waals surface area (Å²) in [5.74, 6) is 1.51. The lowest BCUT2D eigenvalue weighted by molar-refractivity contribution is -0.159. The molecule has 1 N–H and O–H groups in total. The van der Waals surface area contributed by atoms with Gasteiger partial charge in [0.1, 0.15) is 5.60 Å². The number of aliphatic hydroxyl groups is 1. The van der Waals surface area contributed by atoms with Crippen molar-refractivity contribution in [2.45, 2.75) is 70.8 Å². The molecular formula is C21H29ClO3. The zero-order valence-electron chi connectivity index (χ0n) is 15.3. The molecule has 138 valence electrons. The van der Waals surface area contributed by atoms with E-state index in [9.17, 15) is 14.7 Å². The quantitative estimate of drug-likeness (QED) is 0.752. The summed E-state index contributed by atoms with van der Waals surface area (Å²) < 4.78 is 0. The van der Waals surface area contributed by atoms with E-state index in [0.29, 0.717) is 30.6 Å². The predicted octanol–water partition coefficient (Wildman–Crippen LogP) is 4.06. The van der Waals surface area contributed by atoms with Crippen molar-refractivity contribution in [2.75, 3.05) is 5.88 Å². The third-order valence-corrected chi connectivity index (χ3v) is 8.94. The summed E-state index contributed by atoms with van der Waals surface area (Å²) in [4.78, 5) is 24.3. The van der Waals surface area contributed by atoms with Crippen LogP contribution < -0.4 is 0 Å². The number of Topliss-reactive ketones (excluding diaryl/α,β-unsaturated/α-hetero) is 1. The third kappa shape index (κ3) is 2.21. The SMILES string of the molecule is CC12CCC(=O)C=C1CCC1C2CCC2(C)C1CC[C@]2(O)C(=O)CCl. The molecule has 3 fully saturated rings. The van der Waals surface area contributed by atoms with Crippen LogP contribution in [0, 0.1) is 28.6 Å². The van der Waals surface area contributed by atoms with Crippen LogP contribution in [-0.2, 0) is 9.59 Å². The Morgan fingerprint density at radius 3 is 2.60 bits per heavy atom. The molecule has 0 aromatic heterocycles. The Bertz CT molecular complexity index is 656. The molecule has 0 heterocycles. The first-order valence-corrected chi connectivity index (χ1v) is 10.4. The Balaban J connectivity index is 1.68. The summed E-state index contributed by atoms with van der Waals surface area (Å²) in [6.07, 6.45) is 9.04. The van der Waals surface area contributed by atoms with Gasteiger partial charge in [-0.3, -0.25) is 9.59 Å². The Hall–Kier alpha value is -0.670. The molecule has 0 amide bonds. The summed E-state index contributed by atoms with van der Waals surface area (Å²) in [7, 11) is 0. The minimum Gasteiger partial charge on any atom is -0.381 e. The van der Waals surface area contributed by atoms with Crippen molar-refractivity contribution in [1.29, 1.82) is 0 Å². The minimum atomic E-state index is -1.25. The lowest BCUT2D eigenvalue weighted by Gasteiger charge is -2.58. The third-order valence-electron chi connectivity index (χ3n) is 8.70. The smallest absolute Gasteiger partial charge is 0.179 e. The molecule has 0 spiro atoms. The number of alkyl halides is 1. The standard InChI is InChI=1S/C21H29ClO3/c1-19-8-5-14(23)11-13(19)3-4-15-16(19)6-9-20(2)17(15)7-10-21(20,25)18(24)12-22/h11,15-17,25H,3-10,12H2,1-2H3/t15?,16?,17?,19?,20?,21-/m0/s1. The van der Waals surface area contributed by atoms with Gasteiger partial charge >= 0.3 is 0 Å². The van der Waals surface area contributed by atoms with Crippen molar-refractivity contribution >= 4 is 23.2 Å². The maximum Gasteiger partial charge on any atom is 0.179 e. The highest BCUT2D eigenvalue weighted by atomic mass is 35.5. The van der Waals surface area contributed by atoms with Gasteiger partial charge in [-0.05, 0) is 74.2 Å². The molecule has 4 heteroatoms. The van der Waals surface area contributed by atoms with Gasteiger partial charge in [0.25, 0.3) is 0 Å². The van der Waals surface area contributed by atoms with Crippen LogP contribution in [0.4, 0.5) is 0 Å². The fourth-order valence-corrected chi connectivity index (χ4v) is 7.36. The molecule has 0 saturated heterocycles. The lowest BCUT2D eigenvalue weighted by atomic mass is 9.46. The van der Waals surface area contributed by atoms with Gasteiger partial charge in [-0.15, -0.1) is 11.6 Å². The van der Waals surface area contributed by atoms with Gasteiger partial charge in [-0.2, -0.15) is 0 Å². The van der Waals surface area contributed by atoms with Gasteiger partial charge in [0.15, 0.2) is 11.6 Å². The fourth-order valence-electron chi connectivity index (χ4n) is 7.14. The molecule has 5 unspecified atom stereocenters. The van der Waals surface area contributed by atoms with E-state index in [1.165, 1.54) is 5.57 Å². The Labute approximate surface area is 155 Å². The van der Waals surface area contributed by atoms with Crippen molar-refractivity contribution in [2.24, 2.45) is 28.6 Å². The van der Waals surface area contributed by atoms with E-state index in [-0.39, 0.29) is 28.3 Å². The van der Waals surface area contributed by atoms with Crippen LogP contribution in [0.2, 0.25) is 0 Å². The van der Waals surface area contributed by atoms with Crippen LogP contribution in [0.5, 0.6) is 0 Å². The van der Waals surface area contributed by atoms with Crippen molar-refractivity contribution in [1.82, 2.24) is 0 Å². The van der Waals surface area contributed by atoms with Crippen LogP contribution >= 0.6 is 11.6 Å². The van der Waals surface area contributed by atoms with Crippen molar-refractivity contribution < 1.29 is 14.7 Å². The molecular weight excluding hydrogens is 336 g/mol. The fraction of sp³-hybridized carbons (Fsp3) is 0.810. The van der Waals surface area contributed by atoms with E-state index in [1.807, 2.05) is 6.08 Å². The second kappa shape index (κ2) is 5.66. The highest BCUT2D eigenvalue weighted by Crippen LogP contribution is 2.67. The molecule has 6 atom stereocenters. The molecule has 0 bridgehead atoms. The largest absolute Gasteiger partial charge is 0.381 e. The molecule has 0 aromatic rings. The number of hydrogen-bond donors (Lipinski definition) is 1. The average Bonchev–Trinajstić information content (AvgIpc) is 2.87. The Kier molecular flexibility index (Phi) is 4.01. The second-order valence-corrected chi connectivity index (χ2v) is 9.65. The van der Waals surface area contributed by atoms with Gasteiger partial charge in [0.2, 0.25) is 0 Å². The van der Waals surface area contributed by atoms with Crippen LogP contribution in [0.15, 0.2) is 11.6 Å². The van der Waals surface area contributed by atoms with Gasteiger partial charge in [0, 0.05) is 11.8 Å². The summed E-state index contributed by atoms with van der Waals surface area (Å²) >= 11 is 5.83. The van der Waals surface area contributed by atoms with Crippen molar-refractivity contribution in [3.63, 3.8) is 0 Å². The van der Waals surface area contributed by atoms with Crippen LogP contribution in [0.1, 0.15) is 65.2 Å². The molecule has 0 aliphatic heterocycles. The number of carbonyl (C=O) groups is 2. The molecule has 0 radical (unpaired) electrons. The van der Waals surface area contributed by atoms with Gasteiger partial charge in [-0.25, -0.2) is 0 Å². The maximum atomic E-state index is 12.5. The monoisotopic (exact) mass is 364 g/mol. The Morgan fingerprint density at radius 2 is 1.88 bits per heavy atom. The highest BCUT2D eigenvalue weighted by molar-refractivity contribution is 6.29. The average molecular weight is 365 g/mol. The second-order valence-electron chi connectivity index (χ2n) is 9.38. The molecule has 4 rings (SSSR count). The van der Waals surface area contributed by atoms with Crippen LogP contribution in [0.25, 0.3) is 0 Å². The summed E-state index contributed by atoms with van der Waals surface area (Å²) in [6, 6.07) is 0. The first-order valence-electron chi connectivity index (χ1n) is 9.82. The first-order chi connectivity index (χ1) is 11.8. The van der Waals surface area contributed by atoms with Crippen LogP contribution in [-0.4, -0.2) is 28.2 Å². The Morgan fingerprint density at radius 1 is 1.16 bits per heavy atom. The zero-order chi connectivity index (χ0) is 18.0. The molecule has 0 aromatic carbocycles. The van der Waals surface area contributed by atoms with E-state index in [1.54, 1.807) is 0 Å². The molecule has 4 aliphatic carbocycles. The highest BCUT2D eigenvalue weighted by Gasteiger charge is 2.65. The van der Waals surface area contributed by atoms with Gasteiger partial charge in [-0.1, -0.05) is 19.4 Å². The number of halogens is 1. The number of hydrogen-bond acceptors (Lipinski definition) is 3. The lowest BCUT2D eigenvalue weighted by Crippen LogP contribution is -2.57. The number of ketones is 2. The molecule has 4 aliphatic rings. The summed E-state index contributed by atoms with van der Waals surface area (Å²) in [6.45, 7) is 4.49. The minimum absolute atomic E-state index is 0.0976. The normalized spacial score (nSPS) is 49.0. The molecule has 3 saturated carbocycles. The molecule has 3 nitrogen and oxygen atoms in total. The van der Waals surface area contributed by atoms with E-state index >= 15 is 0 Å². The molecule has 25 heavy (non-hydrogen) atoms. The van der Waals surface area contributed by atoms with E-state index < -0.39 is 5.60 Å². The van der Waals surface area contributed by atoms with E-state index in [0.717, 1.165) is 38.5 Å². The predicted molar refractivity (Wildman–Crippen MR) is 97.4 cm³/mol. The number of allylic oxidation sites excluding steroid dienone is 1. The van der Waals surface area contributed by atoms with Gasteiger partial charge < -0.3 is 5.11 Å². The number of carbonyl (C=O) groups excluding carboxylic acids is 2. The van der Waals surface area contributed by atoms with Crippen LogP contribution in [0.3, 0.4) is 0 Å².